The van der Waals surface area contributed by atoms with Gasteiger partial charge in [0.1, 0.15) is 29.1 Å². The van der Waals surface area contributed by atoms with Crippen LogP contribution >= 0.6 is 11.3 Å². The lowest BCUT2D eigenvalue weighted by atomic mass is 9.94. The summed E-state index contributed by atoms with van der Waals surface area (Å²) in [5, 5.41) is 0. The maximum atomic E-state index is 14.0. The number of carbonyl (C=O) groups excluding carboxylic acids is 2. The average Bonchev–Trinajstić information content (AvgIpc) is 3.59. The number of rotatable bonds is 8. The Bertz CT molecular complexity index is 1930. The Balaban J connectivity index is 1.67. The number of fused-ring (bicyclic) bond motifs is 1. The van der Waals surface area contributed by atoms with E-state index < -0.39 is 18.0 Å². The lowest BCUT2D eigenvalue weighted by molar-refractivity contribution is -0.143. The van der Waals surface area contributed by atoms with Crippen molar-refractivity contribution in [1.82, 2.24) is 4.57 Å². The third-order valence-electron chi connectivity index (χ3n) is 6.81. The number of benzene rings is 2. The minimum absolute atomic E-state index is 0.221. The third-order valence-corrected chi connectivity index (χ3v) is 7.80. The van der Waals surface area contributed by atoms with E-state index in [0.29, 0.717) is 54.7 Å². The van der Waals surface area contributed by atoms with Crippen LogP contribution in [0, 0.1) is 0 Å². The highest BCUT2D eigenvalue weighted by atomic mass is 32.1. The molecule has 0 spiro atoms. The molecular weight excluding hydrogens is 572 g/mol. The fourth-order valence-electron chi connectivity index (χ4n) is 4.90. The van der Waals surface area contributed by atoms with Crippen LogP contribution in [-0.4, -0.2) is 43.9 Å². The molecule has 2 aromatic heterocycles. The Labute approximate surface area is 251 Å². The van der Waals surface area contributed by atoms with E-state index in [4.69, 9.17) is 23.4 Å². The van der Waals surface area contributed by atoms with Crippen LogP contribution in [0.4, 0.5) is 0 Å². The predicted molar refractivity (Wildman–Crippen MR) is 160 cm³/mol. The van der Waals surface area contributed by atoms with E-state index in [9.17, 15) is 14.4 Å². The molecular formula is C32H30N2O8S. The van der Waals surface area contributed by atoms with E-state index in [1.54, 1.807) is 81.4 Å². The summed E-state index contributed by atoms with van der Waals surface area (Å²) in [6.45, 7) is 5.22. The summed E-state index contributed by atoms with van der Waals surface area (Å²) in [5.74, 6) is 0.751. The van der Waals surface area contributed by atoms with E-state index in [-0.39, 0.29) is 17.2 Å². The lowest BCUT2D eigenvalue weighted by Gasteiger charge is -2.26. The molecule has 222 valence electrons. The second-order valence-corrected chi connectivity index (χ2v) is 10.9. The van der Waals surface area contributed by atoms with Crippen LogP contribution in [-0.2, 0) is 14.3 Å². The standard InChI is InChI=1S/C32H30N2O8S/c1-17(2)41-31(37)27-18(3)33-32-34(28(27)23-15-19(38-4)11-13-24(23)39-5)29(35)26(43-32)16-20-12-14-25(42-20)21-9-7-8-10-22(21)30(36)40-6/h7-17,28H,1-6H3/b26-16-/t28-/m0/s1. The molecule has 0 saturated heterocycles. The average molecular weight is 603 g/mol. The Hall–Kier alpha value is -4.90. The zero-order valence-electron chi connectivity index (χ0n) is 24.5. The molecule has 5 rings (SSSR count). The van der Waals surface area contributed by atoms with Gasteiger partial charge in [-0.25, -0.2) is 14.6 Å². The second kappa shape index (κ2) is 12.1. The fraction of sp³-hybridized carbons (Fsp3) is 0.250. The van der Waals surface area contributed by atoms with Crippen molar-refractivity contribution >= 4 is 29.4 Å². The molecule has 4 aromatic rings. The molecule has 11 heteroatoms. The van der Waals surface area contributed by atoms with Crippen LogP contribution in [0.15, 0.2) is 80.1 Å². The zero-order valence-corrected chi connectivity index (χ0v) is 25.3. The Morgan fingerprint density at radius 3 is 2.49 bits per heavy atom. The van der Waals surface area contributed by atoms with Gasteiger partial charge < -0.3 is 23.4 Å². The SMILES string of the molecule is COC(=O)c1ccccc1-c1ccc(/C=c2\sc3n(c2=O)[C@@H](c2cc(OC)ccc2OC)C(C(=O)OC(C)C)=C(C)N=3)o1. The molecule has 3 heterocycles. The first-order chi connectivity index (χ1) is 20.7. The summed E-state index contributed by atoms with van der Waals surface area (Å²) in [5.41, 5.74) is 1.72. The minimum atomic E-state index is -0.895. The number of nitrogens with zero attached hydrogens (tertiary/aromatic N) is 2. The van der Waals surface area contributed by atoms with Gasteiger partial charge in [-0.3, -0.25) is 9.36 Å². The van der Waals surface area contributed by atoms with Crippen LogP contribution in [0.1, 0.15) is 48.5 Å². The molecule has 0 N–H and O–H groups in total. The maximum absolute atomic E-state index is 14.0. The van der Waals surface area contributed by atoms with Gasteiger partial charge in [-0.1, -0.05) is 29.5 Å². The summed E-state index contributed by atoms with van der Waals surface area (Å²) in [7, 11) is 4.37. The molecule has 43 heavy (non-hydrogen) atoms. The van der Waals surface area contributed by atoms with Crippen molar-refractivity contribution in [1.29, 1.82) is 0 Å². The number of methoxy groups -OCH3 is 3. The first-order valence-corrected chi connectivity index (χ1v) is 14.2. The Kier molecular flexibility index (Phi) is 8.36. The molecule has 0 bridgehead atoms. The zero-order chi connectivity index (χ0) is 30.8. The summed E-state index contributed by atoms with van der Waals surface area (Å²) >= 11 is 1.16. The van der Waals surface area contributed by atoms with E-state index in [1.807, 2.05) is 0 Å². The van der Waals surface area contributed by atoms with Crippen molar-refractivity contribution in [3.8, 4) is 22.8 Å². The number of carbonyl (C=O) groups is 2. The van der Waals surface area contributed by atoms with Crippen molar-refractivity contribution in [2.45, 2.75) is 32.9 Å². The molecule has 10 nitrogen and oxygen atoms in total. The summed E-state index contributed by atoms with van der Waals surface area (Å²) in [6.07, 6.45) is 1.22. The normalized spacial score (nSPS) is 14.8. The monoisotopic (exact) mass is 602 g/mol. The first-order valence-electron chi connectivity index (χ1n) is 13.4. The van der Waals surface area contributed by atoms with Gasteiger partial charge in [0.2, 0.25) is 0 Å². The molecule has 0 radical (unpaired) electrons. The topological polar surface area (TPSA) is 119 Å². The van der Waals surface area contributed by atoms with Crippen molar-refractivity contribution in [2.75, 3.05) is 21.3 Å². The van der Waals surface area contributed by atoms with Gasteiger partial charge >= 0.3 is 11.9 Å². The van der Waals surface area contributed by atoms with E-state index in [2.05, 4.69) is 4.99 Å². The Morgan fingerprint density at radius 1 is 1.02 bits per heavy atom. The van der Waals surface area contributed by atoms with Crippen LogP contribution in [0.3, 0.4) is 0 Å². The number of esters is 2. The van der Waals surface area contributed by atoms with E-state index >= 15 is 0 Å². The lowest BCUT2D eigenvalue weighted by Crippen LogP contribution is -2.40. The van der Waals surface area contributed by atoms with Crippen LogP contribution in [0.5, 0.6) is 11.5 Å². The molecule has 1 aliphatic heterocycles. The van der Waals surface area contributed by atoms with Crippen LogP contribution in [0.2, 0.25) is 0 Å². The van der Waals surface area contributed by atoms with E-state index in [1.165, 1.54) is 25.9 Å². The number of furan rings is 1. The maximum Gasteiger partial charge on any atom is 0.338 e. The molecule has 0 unspecified atom stereocenters. The van der Waals surface area contributed by atoms with Gasteiger partial charge in [-0.15, -0.1) is 0 Å². The quantitative estimate of drug-likeness (QED) is 0.275. The molecule has 0 saturated carbocycles. The second-order valence-electron chi connectivity index (χ2n) is 9.88. The van der Waals surface area contributed by atoms with E-state index in [0.717, 1.165) is 11.3 Å². The highest BCUT2D eigenvalue weighted by molar-refractivity contribution is 7.07. The van der Waals surface area contributed by atoms with Gasteiger partial charge in [0.25, 0.3) is 5.56 Å². The first kappa shape index (κ1) is 29.6. The third kappa shape index (κ3) is 5.63. The van der Waals surface area contributed by atoms with Crippen LogP contribution < -0.4 is 24.4 Å². The largest absolute Gasteiger partial charge is 0.497 e. The van der Waals surface area contributed by atoms with Gasteiger partial charge in [-0.2, -0.15) is 0 Å². The van der Waals surface area contributed by atoms with Gasteiger partial charge in [-0.05, 0) is 57.2 Å². The summed E-state index contributed by atoms with van der Waals surface area (Å²) < 4.78 is 29.4. The molecule has 2 aromatic carbocycles. The minimum Gasteiger partial charge on any atom is -0.497 e. The molecule has 1 aliphatic rings. The predicted octanol–water partition coefficient (Wildman–Crippen LogP) is 4.25. The highest BCUT2D eigenvalue weighted by Crippen LogP contribution is 2.38. The van der Waals surface area contributed by atoms with Crippen molar-refractivity contribution in [3.05, 3.63) is 102 Å². The summed E-state index contributed by atoms with van der Waals surface area (Å²) in [6, 6.07) is 14.7. The van der Waals surface area contributed by atoms with Crippen molar-refractivity contribution in [2.24, 2.45) is 4.99 Å². The number of hydrogen-bond acceptors (Lipinski definition) is 10. The number of aromatic nitrogens is 1. The number of hydrogen-bond donors (Lipinski definition) is 0. The molecule has 0 aliphatic carbocycles. The van der Waals surface area contributed by atoms with Gasteiger partial charge in [0.15, 0.2) is 4.80 Å². The number of ether oxygens (including phenoxy) is 4. The van der Waals surface area contributed by atoms with Crippen molar-refractivity contribution in [3.63, 3.8) is 0 Å². The number of thiazole rings is 1. The molecule has 0 amide bonds. The smallest absolute Gasteiger partial charge is 0.338 e. The summed E-state index contributed by atoms with van der Waals surface area (Å²) in [4.78, 5) is 44.8. The molecule has 0 fully saturated rings. The van der Waals surface area contributed by atoms with Crippen molar-refractivity contribution < 1.29 is 33.0 Å². The molecule has 1 atom stereocenters. The van der Waals surface area contributed by atoms with Gasteiger partial charge in [0.05, 0.1) is 48.8 Å². The highest BCUT2D eigenvalue weighted by Gasteiger charge is 2.36. The van der Waals surface area contributed by atoms with Crippen LogP contribution in [0.25, 0.3) is 17.4 Å². The Morgan fingerprint density at radius 2 is 1.79 bits per heavy atom. The fourth-order valence-corrected chi connectivity index (χ4v) is 5.92. The van der Waals surface area contributed by atoms with Gasteiger partial charge in [0, 0.05) is 17.2 Å². The number of allylic oxidation sites excluding steroid dienone is 1.